The first-order chi connectivity index (χ1) is 16.4. The number of amides is 2. The molecule has 172 valence electrons. The van der Waals surface area contributed by atoms with Gasteiger partial charge in [0.25, 0.3) is 11.5 Å². The van der Waals surface area contributed by atoms with Gasteiger partial charge >= 0.3 is 0 Å². The van der Waals surface area contributed by atoms with E-state index in [1.54, 1.807) is 47.4 Å². The summed E-state index contributed by atoms with van der Waals surface area (Å²) < 4.78 is 6.72. The minimum atomic E-state index is -0.540. The number of carbonyl (C=O) groups is 2. The summed E-state index contributed by atoms with van der Waals surface area (Å²) in [6.45, 7) is 3.95. The summed E-state index contributed by atoms with van der Waals surface area (Å²) >= 11 is 0. The Labute approximate surface area is 194 Å². The Morgan fingerprint density at radius 1 is 0.971 bits per heavy atom. The molecule has 1 fully saturated rings. The molecule has 0 radical (unpaired) electrons. The number of hydrogen-bond acceptors (Lipinski definition) is 7. The molecule has 0 bridgehead atoms. The molecule has 1 aliphatic rings. The van der Waals surface area contributed by atoms with Crippen LogP contribution in [-0.2, 0) is 0 Å². The molecule has 0 aliphatic carbocycles. The van der Waals surface area contributed by atoms with Crippen LogP contribution in [0.25, 0.3) is 16.7 Å². The summed E-state index contributed by atoms with van der Waals surface area (Å²) in [6.07, 6.45) is 1.48. The number of aryl methyl sites for hydroxylation is 1. The monoisotopic (exact) mass is 458 g/mol. The van der Waals surface area contributed by atoms with Crippen molar-refractivity contribution in [1.82, 2.24) is 19.4 Å². The fraction of sp³-hybridized carbons (Fsp3) is 0.208. The van der Waals surface area contributed by atoms with E-state index in [0.29, 0.717) is 54.8 Å². The van der Waals surface area contributed by atoms with Crippen LogP contribution >= 0.6 is 0 Å². The molecule has 10 heteroatoms. The van der Waals surface area contributed by atoms with Crippen molar-refractivity contribution in [2.75, 3.05) is 31.1 Å². The van der Waals surface area contributed by atoms with E-state index in [1.165, 1.54) is 16.9 Å². The Kier molecular flexibility index (Phi) is 5.33. The molecule has 1 saturated heterocycles. The maximum absolute atomic E-state index is 12.8. The highest BCUT2D eigenvalue weighted by atomic mass is 16.3. The first-order valence-electron chi connectivity index (χ1n) is 10.8. The highest BCUT2D eigenvalue weighted by molar-refractivity contribution is 5.93. The summed E-state index contributed by atoms with van der Waals surface area (Å²) in [6, 6.07) is 13.0. The molecule has 1 aromatic carbocycles. The summed E-state index contributed by atoms with van der Waals surface area (Å²) in [5.41, 5.74) is 7.21. The smallest absolute Gasteiger partial charge is 0.289 e. The van der Waals surface area contributed by atoms with Crippen molar-refractivity contribution in [2.24, 2.45) is 5.73 Å². The number of benzene rings is 1. The van der Waals surface area contributed by atoms with E-state index in [-0.39, 0.29) is 11.5 Å². The number of rotatable bonds is 4. The standard InChI is InChI=1S/C24H22N6O4/c1-15-18-8-9-20(31)30(17-6-4-16(5-7-17)21(25)32)22(18)27-24(26-15)29-12-10-28(11-13-29)23(33)19-3-2-14-34-19/h2-9,14H,10-13H2,1H3,(H2,25,32). The Hall–Kier alpha value is -4.47. The molecule has 4 heterocycles. The number of carbonyl (C=O) groups excluding carboxylic acids is 2. The van der Waals surface area contributed by atoms with Gasteiger partial charge in [-0.15, -0.1) is 0 Å². The third-order valence-corrected chi connectivity index (χ3v) is 5.92. The third kappa shape index (κ3) is 3.79. The number of nitrogens with zero attached hydrogens (tertiary/aromatic N) is 5. The molecule has 0 atom stereocenters. The highest BCUT2D eigenvalue weighted by Gasteiger charge is 2.25. The molecule has 2 N–H and O–H groups in total. The van der Waals surface area contributed by atoms with E-state index in [2.05, 4.69) is 4.98 Å². The second kappa shape index (κ2) is 8.47. The number of nitrogens with two attached hydrogens (primary N) is 1. The Balaban J connectivity index is 1.48. The maximum Gasteiger partial charge on any atom is 0.289 e. The molecule has 0 saturated carbocycles. The van der Waals surface area contributed by atoms with Gasteiger partial charge in [0, 0.05) is 43.2 Å². The molecule has 2 amide bonds. The van der Waals surface area contributed by atoms with Crippen molar-refractivity contribution in [3.8, 4) is 5.69 Å². The predicted octanol–water partition coefficient (Wildman–Crippen LogP) is 1.74. The zero-order chi connectivity index (χ0) is 23.8. The Morgan fingerprint density at radius 2 is 1.71 bits per heavy atom. The van der Waals surface area contributed by atoms with E-state index in [1.807, 2.05) is 11.8 Å². The fourth-order valence-corrected chi connectivity index (χ4v) is 4.08. The highest BCUT2D eigenvalue weighted by Crippen LogP contribution is 2.22. The SMILES string of the molecule is Cc1nc(N2CCN(C(=O)c3ccco3)CC2)nc2c1ccc(=O)n2-c1ccc(C(N)=O)cc1. The number of pyridine rings is 1. The summed E-state index contributed by atoms with van der Waals surface area (Å²) in [4.78, 5) is 49.9. The van der Waals surface area contributed by atoms with E-state index in [4.69, 9.17) is 15.1 Å². The van der Waals surface area contributed by atoms with E-state index >= 15 is 0 Å². The van der Waals surface area contributed by atoms with Gasteiger partial charge in [-0.05, 0) is 49.4 Å². The number of anilines is 1. The van der Waals surface area contributed by atoms with E-state index in [9.17, 15) is 14.4 Å². The Morgan fingerprint density at radius 3 is 2.35 bits per heavy atom. The largest absolute Gasteiger partial charge is 0.459 e. The van der Waals surface area contributed by atoms with Crippen LogP contribution in [0.2, 0.25) is 0 Å². The minimum absolute atomic E-state index is 0.145. The molecule has 34 heavy (non-hydrogen) atoms. The van der Waals surface area contributed by atoms with Gasteiger partial charge < -0.3 is 20.0 Å². The number of piperazine rings is 1. The second-order valence-corrected chi connectivity index (χ2v) is 8.02. The van der Waals surface area contributed by atoms with Crippen molar-refractivity contribution in [1.29, 1.82) is 0 Å². The van der Waals surface area contributed by atoms with Crippen LogP contribution in [0.4, 0.5) is 5.95 Å². The lowest BCUT2D eigenvalue weighted by Gasteiger charge is -2.34. The van der Waals surface area contributed by atoms with Crippen LogP contribution in [0.5, 0.6) is 0 Å². The van der Waals surface area contributed by atoms with Gasteiger partial charge in [-0.25, -0.2) is 4.98 Å². The number of hydrogen-bond donors (Lipinski definition) is 1. The van der Waals surface area contributed by atoms with Crippen LogP contribution < -0.4 is 16.2 Å². The van der Waals surface area contributed by atoms with Gasteiger partial charge in [0.15, 0.2) is 11.4 Å². The van der Waals surface area contributed by atoms with E-state index < -0.39 is 5.91 Å². The molecule has 10 nitrogen and oxygen atoms in total. The molecular formula is C24H22N6O4. The first-order valence-corrected chi connectivity index (χ1v) is 10.8. The fourth-order valence-electron chi connectivity index (χ4n) is 4.08. The molecular weight excluding hydrogens is 436 g/mol. The lowest BCUT2D eigenvalue weighted by molar-refractivity contribution is 0.0714. The lowest BCUT2D eigenvalue weighted by atomic mass is 10.2. The van der Waals surface area contributed by atoms with Crippen LogP contribution in [0.1, 0.15) is 26.6 Å². The van der Waals surface area contributed by atoms with Crippen molar-refractivity contribution in [2.45, 2.75) is 6.92 Å². The lowest BCUT2D eigenvalue weighted by Crippen LogP contribution is -2.49. The summed E-state index contributed by atoms with van der Waals surface area (Å²) in [5, 5.41) is 0.744. The second-order valence-electron chi connectivity index (χ2n) is 8.02. The summed E-state index contributed by atoms with van der Waals surface area (Å²) in [7, 11) is 0. The topological polar surface area (TPSA) is 128 Å². The number of fused-ring (bicyclic) bond motifs is 1. The Bertz CT molecular complexity index is 1440. The van der Waals surface area contributed by atoms with Crippen molar-refractivity contribution >= 4 is 28.8 Å². The number of primary amides is 1. The number of furan rings is 1. The normalized spacial score (nSPS) is 13.9. The zero-order valence-electron chi connectivity index (χ0n) is 18.5. The summed E-state index contributed by atoms with van der Waals surface area (Å²) in [5.74, 6) is 0.122. The third-order valence-electron chi connectivity index (χ3n) is 5.92. The average molecular weight is 458 g/mol. The molecule has 3 aromatic heterocycles. The van der Waals surface area contributed by atoms with Crippen molar-refractivity contribution in [3.63, 3.8) is 0 Å². The van der Waals surface area contributed by atoms with Gasteiger partial charge in [-0.1, -0.05) is 0 Å². The quantitative estimate of drug-likeness (QED) is 0.493. The van der Waals surface area contributed by atoms with Crippen LogP contribution in [0.15, 0.2) is 64.0 Å². The maximum atomic E-state index is 12.8. The van der Waals surface area contributed by atoms with Crippen LogP contribution in [0, 0.1) is 6.92 Å². The van der Waals surface area contributed by atoms with E-state index in [0.717, 1.165) is 11.1 Å². The van der Waals surface area contributed by atoms with Crippen molar-refractivity contribution < 1.29 is 14.0 Å². The zero-order valence-corrected chi connectivity index (χ0v) is 18.5. The molecule has 0 spiro atoms. The molecule has 5 rings (SSSR count). The molecule has 1 aliphatic heterocycles. The molecule has 4 aromatic rings. The van der Waals surface area contributed by atoms with Gasteiger partial charge in [0.1, 0.15) is 0 Å². The predicted molar refractivity (Wildman–Crippen MR) is 125 cm³/mol. The number of aromatic nitrogens is 3. The van der Waals surface area contributed by atoms with Gasteiger partial charge in [0.05, 0.1) is 17.6 Å². The van der Waals surface area contributed by atoms with Crippen LogP contribution in [-0.4, -0.2) is 57.4 Å². The average Bonchev–Trinajstić information content (AvgIpc) is 3.38. The molecule has 0 unspecified atom stereocenters. The van der Waals surface area contributed by atoms with Crippen LogP contribution in [0.3, 0.4) is 0 Å². The van der Waals surface area contributed by atoms with Gasteiger partial charge in [0.2, 0.25) is 11.9 Å². The first kappa shape index (κ1) is 21.4. The van der Waals surface area contributed by atoms with Gasteiger partial charge in [-0.3, -0.25) is 19.0 Å². The minimum Gasteiger partial charge on any atom is -0.459 e. The van der Waals surface area contributed by atoms with Crippen molar-refractivity contribution in [3.05, 3.63) is 82.2 Å². The van der Waals surface area contributed by atoms with Gasteiger partial charge in [-0.2, -0.15) is 4.98 Å².